The van der Waals surface area contributed by atoms with Crippen LogP contribution in [0.3, 0.4) is 0 Å². The van der Waals surface area contributed by atoms with Gasteiger partial charge < -0.3 is 15.7 Å². The van der Waals surface area contributed by atoms with Crippen LogP contribution in [0.1, 0.15) is 19.8 Å². The molecule has 124 valence electrons. The number of nitrogens with zero attached hydrogens (tertiary/aromatic N) is 1. The third kappa shape index (κ3) is 3.83. The molecular formula is C18H19N3OS2. The van der Waals surface area contributed by atoms with Crippen molar-refractivity contribution in [1.82, 2.24) is 10.3 Å². The van der Waals surface area contributed by atoms with Gasteiger partial charge in [-0.25, -0.2) is 4.98 Å². The lowest BCUT2D eigenvalue weighted by Crippen LogP contribution is -2.29. The Balaban J connectivity index is 1.82. The second kappa shape index (κ2) is 7.59. The number of anilines is 1. The van der Waals surface area contributed by atoms with Crippen LogP contribution < -0.4 is 10.6 Å². The van der Waals surface area contributed by atoms with E-state index in [0.717, 1.165) is 40.3 Å². The van der Waals surface area contributed by atoms with Gasteiger partial charge in [0.25, 0.3) is 0 Å². The van der Waals surface area contributed by atoms with Crippen LogP contribution in [0.4, 0.5) is 5.69 Å². The number of rotatable bonds is 5. The first-order chi connectivity index (χ1) is 11.7. The molecule has 0 saturated carbocycles. The van der Waals surface area contributed by atoms with E-state index in [9.17, 15) is 5.11 Å². The van der Waals surface area contributed by atoms with Gasteiger partial charge in [0.05, 0.1) is 15.8 Å². The van der Waals surface area contributed by atoms with Crippen LogP contribution in [0.15, 0.2) is 42.5 Å². The quantitative estimate of drug-likeness (QED) is 0.349. The van der Waals surface area contributed by atoms with E-state index in [2.05, 4.69) is 22.5 Å². The lowest BCUT2D eigenvalue weighted by Gasteiger charge is -2.11. The van der Waals surface area contributed by atoms with Gasteiger partial charge in [-0.3, -0.25) is 0 Å². The van der Waals surface area contributed by atoms with E-state index in [-0.39, 0.29) is 5.75 Å². The van der Waals surface area contributed by atoms with E-state index in [1.807, 2.05) is 30.3 Å². The largest absolute Gasteiger partial charge is 0.507 e. The molecule has 0 fully saturated rings. The van der Waals surface area contributed by atoms with E-state index in [1.54, 1.807) is 23.5 Å². The highest BCUT2D eigenvalue weighted by atomic mass is 32.1. The zero-order valence-electron chi connectivity index (χ0n) is 13.4. The number of hydrogen-bond acceptors (Lipinski definition) is 4. The van der Waals surface area contributed by atoms with Crippen molar-refractivity contribution >= 4 is 44.6 Å². The van der Waals surface area contributed by atoms with E-state index in [4.69, 9.17) is 12.2 Å². The van der Waals surface area contributed by atoms with Crippen LogP contribution in [-0.4, -0.2) is 21.7 Å². The van der Waals surface area contributed by atoms with Crippen molar-refractivity contribution in [3.05, 3.63) is 42.5 Å². The van der Waals surface area contributed by atoms with Gasteiger partial charge >= 0.3 is 0 Å². The molecular weight excluding hydrogens is 338 g/mol. The average molecular weight is 358 g/mol. The topological polar surface area (TPSA) is 57.2 Å². The van der Waals surface area contributed by atoms with Crippen LogP contribution in [0.5, 0.6) is 5.75 Å². The second-order valence-electron chi connectivity index (χ2n) is 5.45. The number of para-hydroxylation sites is 1. The van der Waals surface area contributed by atoms with Gasteiger partial charge in [0, 0.05) is 12.2 Å². The fourth-order valence-electron chi connectivity index (χ4n) is 2.33. The third-order valence-electron chi connectivity index (χ3n) is 3.59. The summed E-state index contributed by atoms with van der Waals surface area (Å²) in [6, 6.07) is 13.3. The number of thiazole rings is 1. The van der Waals surface area contributed by atoms with Gasteiger partial charge in [-0.05, 0) is 49.0 Å². The fourth-order valence-corrected chi connectivity index (χ4v) is 3.54. The number of hydrogen-bond donors (Lipinski definition) is 3. The van der Waals surface area contributed by atoms with E-state index in [1.165, 1.54) is 0 Å². The summed E-state index contributed by atoms with van der Waals surface area (Å²) in [7, 11) is 0. The predicted octanol–water partition coefficient (Wildman–Crippen LogP) is 4.76. The third-order valence-corrected chi connectivity index (χ3v) is 4.91. The summed E-state index contributed by atoms with van der Waals surface area (Å²) >= 11 is 6.86. The summed E-state index contributed by atoms with van der Waals surface area (Å²) in [5.74, 6) is 0.212. The minimum atomic E-state index is 0.212. The molecule has 0 atom stereocenters. The summed E-state index contributed by atoms with van der Waals surface area (Å²) in [6.45, 7) is 2.99. The highest BCUT2D eigenvalue weighted by molar-refractivity contribution is 7.80. The van der Waals surface area contributed by atoms with Crippen molar-refractivity contribution in [3.63, 3.8) is 0 Å². The van der Waals surface area contributed by atoms with Crippen molar-refractivity contribution in [3.8, 4) is 16.3 Å². The molecule has 0 radical (unpaired) electrons. The number of fused-ring (bicyclic) bond motifs is 1. The Hall–Kier alpha value is -2.18. The molecule has 0 aliphatic carbocycles. The Morgan fingerprint density at radius 2 is 2.08 bits per heavy atom. The molecule has 6 heteroatoms. The number of phenolic OH excluding ortho intramolecular Hbond substituents is 1. The van der Waals surface area contributed by atoms with Crippen LogP contribution in [-0.2, 0) is 0 Å². The zero-order valence-corrected chi connectivity index (χ0v) is 15.0. The average Bonchev–Trinajstić information content (AvgIpc) is 3.00. The maximum absolute atomic E-state index is 10.2. The minimum absolute atomic E-state index is 0.212. The van der Waals surface area contributed by atoms with Gasteiger partial charge in [0.15, 0.2) is 5.11 Å². The summed E-state index contributed by atoms with van der Waals surface area (Å²) in [5.41, 5.74) is 2.47. The molecule has 3 rings (SSSR count). The van der Waals surface area contributed by atoms with Crippen LogP contribution in [0.25, 0.3) is 20.8 Å². The van der Waals surface area contributed by atoms with Crippen molar-refractivity contribution in [2.24, 2.45) is 0 Å². The molecule has 3 aromatic rings. The normalized spacial score (nSPS) is 10.7. The Bertz CT molecular complexity index is 827. The predicted molar refractivity (Wildman–Crippen MR) is 106 cm³/mol. The van der Waals surface area contributed by atoms with E-state index < -0.39 is 0 Å². The lowest BCUT2D eigenvalue weighted by atomic mass is 10.2. The van der Waals surface area contributed by atoms with Gasteiger partial charge in [0.2, 0.25) is 0 Å². The maximum Gasteiger partial charge on any atom is 0.170 e. The SMILES string of the molecule is CCCCNC(=S)Nc1ccc(O)c(-c2nc3ccccc3s2)c1. The van der Waals surface area contributed by atoms with Crippen LogP contribution in [0.2, 0.25) is 0 Å². The number of thiocarbonyl (C=S) groups is 1. The molecule has 0 saturated heterocycles. The van der Waals surface area contributed by atoms with Gasteiger partial charge in [0.1, 0.15) is 10.8 Å². The van der Waals surface area contributed by atoms with Gasteiger partial charge in [-0.2, -0.15) is 0 Å². The number of phenols is 1. The molecule has 1 aromatic heterocycles. The van der Waals surface area contributed by atoms with E-state index in [0.29, 0.717) is 10.7 Å². The molecule has 24 heavy (non-hydrogen) atoms. The first-order valence-electron chi connectivity index (χ1n) is 7.91. The van der Waals surface area contributed by atoms with Crippen molar-refractivity contribution < 1.29 is 5.11 Å². The van der Waals surface area contributed by atoms with Crippen LogP contribution >= 0.6 is 23.6 Å². The summed E-state index contributed by atoms with van der Waals surface area (Å²) < 4.78 is 1.10. The second-order valence-corrected chi connectivity index (χ2v) is 6.89. The highest BCUT2D eigenvalue weighted by Gasteiger charge is 2.11. The van der Waals surface area contributed by atoms with Crippen molar-refractivity contribution in [2.75, 3.05) is 11.9 Å². The first-order valence-corrected chi connectivity index (χ1v) is 9.13. The number of benzene rings is 2. The zero-order chi connectivity index (χ0) is 16.9. The smallest absolute Gasteiger partial charge is 0.170 e. The highest BCUT2D eigenvalue weighted by Crippen LogP contribution is 2.36. The fraction of sp³-hybridized carbons (Fsp3) is 0.222. The van der Waals surface area contributed by atoms with Crippen LogP contribution in [0, 0.1) is 0 Å². The molecule has 0 spiro atoms. The monoisotopic (exact) mass is 357 g/mol. The number of aromatic hydroxyl groups is 1. The lowest BCUT2D eigenvalue weighted by molar-refractivity contribution is 0.477. The van der Waals surface area contributed by atoms with E-state index >= 15 is 0 Å². The Labute approximate surface area is 150 Å². The molecule has 0 amide bonds. The summed E-state index contributed by atoms with van der Waals surface area (Å²) in [6.07, 6.45) is 2.20. The summed E-state index contributed by atoms with van der Waals surface area (Å²) in [4.78, 5) is 4.61. The number of nitrogens with one attached hydrogen (secondary N) is 2. The number of aromatic nitrogens is 1. The Morgan fingerprint density at radius 1 is 1.25 bits per heavy atom. The first kappa shape index (κ1) is 16.7. The van der Waals surface area contributed by atoms with Gasteiger partial charge in [-0.1, -0.05) is 25.5 Å². The molecule has 0 aliphatic heterocycles. The summed E-state index contributed by atoms with van der Waals surface area (Å²) in [5, 5.41) is 17.9. The number of unbranched alkanes of at least 4 members (excludes halogenated alkanes) is 1. The molecule has 0 aliphatic rings. The molecule has 3 N–H and O–H groups in total. The standard InChI is InChI=1S/C18H19N3OS2/c1-2-3-10-19-18(23)20-12-8-9-15(22)13(11-12)17-21-14-6-4-5-7-16(14)24-17/h4-9,11,22H,2-3,10H2,1H3,(H2,19,20,23). The molecule has 1 heterocycles. The molecule has 0 unspecified atom stereocenters. The Kier molecular flexibility index (Phi) is 5.27. The Morgan fingerprint density at radius 3 is 2.88 bits per heavy atom. The van der Waals surface area contributed by atoms with Crippen molar-refractivity contribution in [1.29, 1.82) is 0 Å². The maximum atomic E-state index is 10.2. The minimum Gasteiger partial charge on any atom is -0.507 e. The van der Waals surface area contributed by atoms with Crippen molar-refractivity contribution in [2.45, 2.75) is 19.8 Å². The van der Waals surface area contributed by atoms with Gasteiger partial charge in [-0.15, -0.1) is 11.3 Å². The molecule has 0 bridgehead atoms. The molecule has 2 aromatic carbocycles. The molecule has 4 nitrogen and oxygen atoms in total.